The predicted octanol–water partition coefficient (Wildman–Crippen LogP) is 0.644. The van der Waals surface area contributed by atoms with Gasteiger partial charge in [0.25, 0.3) is 0 Å². The lowest BCUT2D eigenvalue weighted by molar-refractivity contribution is -0.134. The van der Waals surface area contributed by atoms with E-state index >= 15 is 0 Å². The standard InChI is InChI=1S/C14H20N2O3/c1-18-13-4-2-12(3-5-13)10-15-11-14(17)16-6-8-19-9-7-16/h2-5,15H,6-11H2,1H3. The van der Waals surface area contributed by atoms with Gasteiger partial charge < -0.3 is 19.7 Å². The number of amides is 1. The van der Waals surface area contributed by atoms with E-state index in [4.69, 9.17) is 9.47 Å². The maximum absolute atomic E-state index is 11.9. The predicted molar refractivity (Wildman–Crippen MR) is 72.1 cm³/mol. The molecule has 1 amide bonds. The summed E-state index contributed by atoms with van der Waals surface area (Å²) < 4.78 is 10.3. The third-order valence-electron chi connectivity index (χ3n) is 3.13. The van der Waals surface area contributed by atoms with Gasteiger partial charge in [-0.25, -0.2) is 0 Å². The van der Waals surface area contributed by atoms with Crippen LogP contribution in [0, 0.1) is 0 Å². The van der Waals surface area contributed by atoms with E-state index in [1.54, 1.807) is 7.11 Å². The summed E-state index contributed by atoms with van der Waals surface area (Å²) in [6.45, 7) is 3.73. The molecule has 0 unspecified atom stereocenters. The zero-order valence-corrected chi connectivity index (χ0v) is 11.2. The van der Waals surface area contributed by atoms with E-state index in [1.165, 1.54) is 0 Å². The zero-order chi connectivity index (χ0) is 13.5. The van der Waals surface area contributed by atoms with Crippen molar-refractivity contribution in [3.63, 3.8) is 0 Å². The maximum atomic E-state index is 11.9. The molecule has 0 bridgehead atoms. The van der Waals surface area contributed by atoms with Crippen molar-refractivity contribution < 1.29 is 14.3 Å². The van der Waals surface area contributed by atoms with Crippen LogP contribution in [-0.2, 0) is 16.1 Å². The number of nitrogens with zero attached hydrogens (tertiary/aromatic N) is 1. The first-order valence-corrected chi connectivity index (χ1v) is 6.49. The lowest BCUT2D eigenvalue weighted by Crippen LogP contribution is -2.44. The van der Waals surface area contributed by atoms with Gasteiger partial charge in [-0.3, -0.25) is 4.79 Å². The fraction of sp³-hybridized carbons (Fsp3) is 0.500. The molecule has 0 aliphatic carbocycles. The Hall–Kier alpha value is -1.59. The SMILES string of the molecule is COc1ccc(CNCC(=O)N2CCOCC2)cc1. The smallest absolute Gasteiger partial charge is 0.236 e. The van der Waals surface area contributed by atoms with E-state index in [0.717, 1.165) is 11.3 Å². The fourth-order valence-corrected chi connectivity index (χ4v) is 1.98. The van der Waals surface area contributed by atoms with Crippen LogP contribution in [-0.4, -0.2) is 50.8 Å². The second-order valence-corrected chi connectivity index (χ2v) is 4.44. The number of benzene rings is 1. The van der Waals surface area contributed by atoms with Crippen molar-refractivity contribution in [2.75, 3.05) is 40.0 Å². The largest absolute Gasteiger partial charge is 0.497 e. The van der Waals surface area contributed by atoms with Gasteiger partial charge in [0.1, 0.15) is 5.75 Å². The second kappa shape index (κ2) is 7.11. The Bertz CT molecular complexity index is 400. The minimum absolute atomic E-state index is 0.136. The van der Waals surface area contributed by atoms with Crippen molar-refractivity contribution in [1.29, 1.82) is 0 Å². The summed E-state index contributed by atoms with van der Waals surface area (Å²) in [4.78, 5) is 13.7. The quantitative estimate of drug-likeness (QED) is 0.848. The first kappa shape index (κ1) is 13.8. The molecule has 0 saturated carbocycles. The first-order valence-electron chi connectivity index (χ1n) is 6.49. The van der Waals surface area contributed by atoms with Crippen molar-refractivity contribution in [3.05, 3.63) is 29.8 Å². The van der Waals surface area contributed by atoms with Gasteiger partial charge >= 0.3 is 0 Å². The molecular formula is C14H20N2O3. The number of nitrogens with one attached hydrogen (secondary N) is 1. The summed E-state index contributed by atoms with van der Waals surface area (Å²) in [5.74, 6) is 0.977. The Morgan fingerprint density at radius 1 is 1.32 bits per heavy atom. The molecule has 0 radical (unpaired) electrons. The minimum atomic E-state index is 0.136. The van der Waals surface area contributed by atoms with Crippen molar-refractivity contribution in [1.82, 2.24) is 10.2 Å². The Morgan fingerprint density at radius 3 is 2.63 bits per heavy atom. The normalized spacial score (nSPS) is 15.3. The van der Waals surface area contributed by atoms with Crippen molar-refractivity contribution in [2.45, 2.75) is 6.54 Å². The molecule has 1 fully saturated rings. The molecule has 1 aromatic rings. The molecule has 0 aromatic heterocycles. The average Bonchev–Trinajstić information content (AvgIpc) is 2.49. The van der Waals surface area contributed by atoms with Gasteiger partial charge in [-0.05, 0) is 17.7 Å². The van der Waals surface area contributed by atoms with Gasteiger partial charge in [-0.15, -0.1) is 0 Å². The molecule has 2 rings (SSSR count). The van der Waals surface area contributed by atoms with Crippen molar-refractivity contribution in [3.8, 4) is 5.75 Å². The Morgan fingerprint density at radius 2 is 2.00 bits per heavy atom. The summed E-state index contributed by atoms with van der Waals surface area (Å²) in [5, 5.41) is 3.16. The van der Waals surface area contributed by atoms with Crippen LogP contribution in [0.1, 0.15) is 5.56 Å². The molecule has 0 spiro atoms. The number of ether oxygens (including phenoxy) is 2. The van der Waals surface area contributed by atoms with Gasteiger partial charge in [-0.2, -0.15) is 0 Å². The highest BCUT2D eigenvalue weighted by atomic mass is 16.5. The minimum Gasteiger partial charge on any atom is -0.497 e. The van der Waals surface area contributed by atoms with E-state index in [9.17, 15) is 4.79 Å². The van der Waals surface area contributed by atoms with Gasteiger partial charge in [0.2, 0.25) is 5.91 Å². The highest BCUT2D eigenvalue weighted by Crippen LogP contribution is 2.10. The third-order valence-corrected chi connectivity index (χ3v) is 3.13. The van der Waals surface area contributed by atoms with E-state index < -0.39 is 0 Å². The number of morpholine rings is 1. The zero-order valence-electron chi connectivity index (χ0n) is 11.2. The Labute approximate surface area is 113 Å². The lowest BCUT2D eigenvalue weighted by Gasteiger charge is -2.26. The van der Waals surface area contributed by atoms with Crippen LogP contribution in [0.5, 0.6) is 5.75 Å². The third kappa shape index (κ3) is 4.22. The van der Waals surface area contributed by atoms with Gasteiger partial charge in [-0.1, -0.05) is 12.1 Å². The van der Waals surface area contributed by atoms with Crippen LogP contribution < -0.4 is 10.1 Å². The maximum Gasteiger partial charge on any atom is 0.236 e. The molecule has 1 aliphatic heterocycles. The summed E-state index contributed by atoms with van der Waals surface area (Å²) in [6, 6.07) is 7.82. The van der Waals surface area contributed by atoms with E-state index in [0.29, 0.717) is 39.4 Å². The van der Waals surface area contributed by atoms with Crippen LogP contribution in [0.4, 0.5) is 0 Å². The highest BCUT2D eigenvalue weighted by molar-refractivity contribution is 5.78. The number of carbonyl (C=O) groups excluding carboxylic acids is 1. The molecule has 1 saturated heterocycles. The topological polar surface area (TPSA) is 50.8 Å². The lowest BCUT2D eigenvalue weighted by atomic mass is 10.2. The van der Waals surface area contributed by atoms with Crippen molar-refractivity contribution in [2.24, 2.45) is 0 Å². The molecular weight excluding hydrogens is 244 g/mol. The number of rotatable bonds is 5. The molecule has 0 atom stereocenters. The van der Waals surface area contributed by atoms with Crippen LogP contribution in [0.25, 0.3) is 0 Å². The second-order valence-electron chi connectivity index (χ2n) is 4.44. The molecule has 5 nitrogen and oxygen atoms in total. The van der Waals surface area contributed by atoms with Gasteiger partial charge in [0.05, 0.1) is 26.9 Å². The average molecular weight is 264 g/mol. The molecule has 104 valence electrons. The van der Waals surface area contributed by atoms with E-state index in [-0.39, 0.29) is 5.91 Å². The highest BCUT2D eigenvalue weighted by Gasteiger charge is 2.15. The molecule has 1 aliphatic rings. The van der Waals surface area contributed by atoms with E-state index in [1.807, 2.05) is 29.2 Å². The monoisotopic (exact) mass is 264 g/mol. The summed E-state index contributed by atoms with van der Waals surface area (Å²) >= 11 is 0. The molecule has 19 heavy (non-hydrogen) atoms. The number of methoxy groups -OCH3 is 1. The van der Waals surface area contributed by atoms with Crippen LogP contribution in [0.3, 0.4) is 0 Å². The molecule has 1 heterocycles. The number of hydrogen-bond donors (Lipinski definition) is 1. The van der Waals surface area contributed by atoms with Gasteiger partial charge in [0.15, 0.2) is 0 Å². The molecule has 1 aromatic carbocycles. The number of hydrogen-bond acceptors (Lipinski definition) is 4. The first-order chi connectivity index (χ1) is 9.29. The summed E-state index contributed by atoms with van der Waals surface area (Å²) in [5.41, 5.74) is 1.13. The summed E-state index contributed by atoms with van der Waals surface area (Å²) in [6.07, 6.45) is 0. The fourth-order valence-electron chi connectivity index (χ4n) is 1.98. The Kier molecular flexibility index (Phi) is 5.18. The molecule has 5 heteroatoms. The van der Waals surface area contributed by atoms with Crippen LogP contribution in [0.2, 0.25) is 0 Å². The Balaban J connectivity index is 1.71. The van der Waals surface area contributed by atoms with Gasteiger partial charge in [0, 0.05) is 19.6 Å². The van der Waals surface area contributed by atoms with Crippen molar-refractivity contribution >= 4 is 5.91 Å². The summed E-state index contributed by atoms with van der Waals surface area (Å²) in [7, 11) is 1.65. The van der Waals surface area contributed by atoms with E-state index in [2.05, 4.69) is 5.32 Å². The molecule has 1 N–H and O–H groups in total. The van der Waals surface area contributed by atoms with Crippen LogP contribution >= 0.6 is 0 Å². The van der Waals surface area contributed by atoms with Crippen LogP contribution in [0.15, 0.2) is 24.3 Å². The number of carbonyl (C=O) groups is 1.